The molecular formula is C22H34N4O2. The van der Waals surface area contributed by atoms with Crippen LogP contribution in [0.15, 0.2) is 35.0 Å². The third-order valence-electron chi connectivity index (χ3n) is 5.93. The second-order valence-corrected chi connectivity index (χ2v) is 7.96. The molecule has 0 amide bonds. The summed E-state index contributed by atoms with van der Waals surface area (Å²) < 4.78 is 11.4. The fourth-order valence-corrected chi connectivity index (χ4v) is 4.36. The van der Waals surface area contributed by atoms with Gasteiger partial charge in [0, 0.05) is 29.9 Å². The second-order valence-electron chi connectivity index (χ2n) is 7.96. The quantitative estimate of drug-likeness (QED) is 0.752. The van der Waals surface area contributed by atoms with Gasteiger partial charge in [-0.1, -0.05) is 13.0 Å². The standard InChI is InChI=1S/C22H34N4O2/c1-4-27-19-10-16(11-20(12-19)28-5-2)15-26-8-6-17(7-9-26)22(3)13-18(23)14-25-21(22)24/h10-14,17,21H,4-9,15,23-24H2,1-3H3. The summed E-state index contributed by atoms with van der Waals surface area (Å²) >= 11 is 0. The van der Waals surface area contributed by atoms with Gasteiger partial charge in [-0.3, -0.25) is 9.89 Å². The van der Waals surface area contributed by atoms with Crippen molar-refractivity contribution in [3.8, 4) is 11.5 Å². The predicted octanol–water partition coefficient (Wildman–Crippen LogP) is 2.91. The van der Waals surface area contributed by atoms with E-state index in [1.54, 1.807) is 6.21 Å². The largest absolute Gasteiger partial charge is 0.494 e. The van der Waals surface area contributed by atoms with Crippen LogP contribution in [-0.4, -0.2) is 43.6 Å². The smallest absolute Gasteiger partial charge is 0.123 e. The summed E-state index contributed by atoms with van der Waals surface area (Å²) in [5.41, 5.74) is 14.1. The molecule has 1 aromatic carbocycles. The number of nitrogens with two attached hydrogens (primary N) is 2. The molecule has 2 aliphatic rings. The normalized spacial score (nSPS) is 26.1. The van der Waals surface area contributed by atoms with E-state index in [9.17, 15) is 0 Å². The fraction of sp³-hybridized carbons (Fsp3) is 0.591. The van der Waals surface area contributed by atoms with Crippen molar-refractivity contribution in [1.82, 2.24) is 4.90 Å². The van der Waals surface area contributed by atoms with Crippen LogP contribution in [0.1, 0.15) is 39.2 Å². The van der Waals surface area contributed by atoms with E-state index >= 15 is 0 Å². The van der Waals surface area contributed by atoms with Crippen LogP contribution >= 0.6 is 0 Å². The van der Waals surface area contributed by atoms with Gasteiger partial charge in [-0.25, -0.2) is 0 Å². The number of hydrogen-bond acceptors (Lipinski definition) is 6. The number of rotatable bonds is 7. The summed E-state index contributed by atoms with van der Waals surface area (Å²) in [4.78, 5) is 6.89. The lowest BCUT2D eigenvalue weighted by molar-refractivity contribution is 0.0973. The first-order valence-electron chi connectivity index (χ1n) is 10.3. The molecular weight excluding hydrogens is 352 g/mol. The summed E-state index contributed by atoms with van der Waals surface area (Å²) in [6.07, 6.45) is 5.77. The summed E-state index contributed by atoms with van der Waals surface area (Å²) in [6, 6.07) is 6.20. The number of allylic oxidation sites excluding steroid dienone is 1. The Balaban J connectivity index is 1.63. The van der Waals surface area contributed by atoms with Gasteiger partial charge in [0.15, 0.2) is 0 Å². The Morgan fingerprint density at radius 1 is 1.11 bits per heavy atom. The zero-order valence-corrected chi connectivity index (χ0v) is 17.4. The molecule has 0 aromatic heterocycles. The molecule has 0 radical (unpaired) electrons. The Morgan fingerprint density at radius 2 is 1.71 bits per heavy atom. The van der Waals surface area contributed by atoms with E-state index in [0.29, 0.717) is 19.1 Å². The molecule has 0 bridgehead atoms. The van der Waals surface area contributed by atoms with Crippen molar-refractivity contribution in [1.29, 1.82) is 0 Å². The second kappa shape index (κ2) is 8.97. The van der Waals surface area contributed by atoms with Crippen LogP contribution in [0.25, 0.3) is 0 Å². The first kappa shape index (κ1) is 20.7. The van der Waals surface area contributed by atoms with Crippen molar-refractivity contribution in [2.24, 2.45) is 27.8 Å². The van der Waals surface area contributed by atoms with E-state index in [4.69, 9.17) is 20.9 Å². The van der Waals surface area contributed by atoms with Crippen molar-refractivity contribution >= 4 is 6.21 Å². The molecule has 1 saturated heterocycles. The van der Waals surface area contributed by atoms with Gasteiger partial charge in [0.05, 0.1) is 13.2 Å². The maximum atomic E-state index is 6.32. The molecule has 154 valence electrons. The highest BCUT2D eigenvalue weighted by molar-refractivity contribution is 5.78. The van der Waals surface area contributed by atoms with Gasteiger partial charge in [0.1, 0.15) is 17.7 Å². The molecule has 2 unspecified atom stereocenters. The SMILES string of the molecule is CCOc1cc(CN2CCC(C3(C)C=C(N)C=NC3N)CC2)cc(OCC)c1. The third kappa shape index (κ3) is 4.67. The summed E-state index contributed by atoms with van der Waals surface area (Å²) in [6.45, 7) is 10.5. The molecule has 3 rings (SSSR count). The van der Waals surface area contributed by atoms with Crippen molar-refractivity contribution in [2.75, 3.05) is 26.3 Å². The first-order chi connectivity index (χ1) is 13.4. The summed E-state index contributed by atoms with van der Waals surface area (Å²) in [5, 5.41) is 0. The van der Waals surface area contributed by atoms with Crippen LogP contribution in [0.5, 0.6) is 11.5 Å². The highest BCUT2D eigenvalue weighted by atomic mass is 16.5. The molecule has 4 N–H and O–H groups in total. The minimum absolute atomic E-state index is 0.165. The number of benzene rings is 1. The van der Waals surface area contributed by atoms with E-state index < -0.39 is 0 Å². The van der Waals surface area contributed by atoms with E-state index in [0.717, 1.165) is 49.7 Å². The van der Waals surface area contributed by atoms with Crippen LogP contribution < -0.4 is 20.9 Å². The highest BCUT2D eigenvalue weighted by Crippen LogP contribution is 2.41. The zero-order chi connectivity index (χ0) is 20.1. The monoisotopic (exact) mass is 386 g/mol. The third-order valence-corrected chi connectivity index (χ3v) is 5.93. The fourth-order valence-electron chi connectivity index (χ4n) is 4.36. The Hall–Kier alpha value is -2.05. The highest BCUT2D eigenvalue weighted by Gasteiger charge is 2.40. The molecule has 6 nitrogen and oxygen atoms in total. The maximum absolute atomic E-state index is 6.32. The van der Waals surface area contributed by atoms with Gasteiger partial charge in [0.25, 0.3) is 0 Å². The van der Waals surface area contributed by atoms with Crippen LogP contribution in [0.4, 0.5) is 0 Å². The first-order valence-corrected chi connectivity index (χ1v) is 10.3. The van der Waals surface area contributed by atoms with Crippen molar-refractivity contribution < 1.29 is 9.47 Å². The molecule has 2 aliphatic heterocycles. The molecule has 0 aliphatic carbocycles. The number of likely N-dealkylation sites (tertiary alicyclic amines) is 1. The number of hydrogen-bond donors (Lipinski definition) is 2. The van der Waals surface area contributed by atoms with Crippen LogP contribution in [0.3, 0.4) is 0 Å². The average Bonchev–Trinajstić information content (AvgIpc) is 2.66. The average molecular weight is 387 g/mol. The lowest BCUT2D eigenvalue weighted by Gasteiger charge is -2.44. The van der Waals surface area contributed by atoms with E-state index in [1.165, 1.54) is 5.56 Å². The molecule has 0 spiro atoms. The topological polar surface area (TPSA) is 86.1 Å². The predicted molar refractivity (Wildman–Crippen MR) is 114 cm³/mol. The number of dihydropyridines is 1. The van der Waals surface area contributed by atoms with Gasteiger partial charge in [0.2, 0.25) is 0 Å². The molecule has 2 heterocycles. The molecule has 6 heteroatoms. The van der Waals surface area contributed by atoms with E-state index in [2.05, 4.69) is 35.0 Å². The van der Waals surface area contributed by atoms with Gasteiger partial charge in [-0.2, -0.15) is 0 Å². The molecule has 28 heavy (non-hydrogen) atoms. The molecule has 2 atom stereocenters. The van der Waals surface area contributed by atoms with Crippen molar-refractivity contribution in [2.45, 2.75) is 46.3 Å². The lowest BCUT2D eigenvalue weighted by atomic mass is 9.69. The van der Waals surface area contributed by atoms with Gasteiger partial charge >= 0.3 is 0 Å². The Kier molecular flexibility index (Phi) is 6.62. The number of ether oxygens (including phenoxy) is 2. The van der Waals surface area contributed by atoms with Crippen molar-refractivity contribution in [3.63, 3.8) is 0 Å². The molecule has 0 saturated carbocycles. The van der Waals surface area contributed by atoms with Gasteiger partial charge in [-0.15, -0.1) is 0 Å². The van der Waals surface area contributed by atoms with Crippen LogP contribution in [0, 0.1) is 11.3 Å². The lowest BCUT2D eigenvalue weighted by Crippen LogP contribution is -2.48. The summed E-state index contributed by atoms with van der Waals surface area (Å²) in [7, 11) is 0. The minimum atomic E-state index is -0.215. The minimum Gasteiger partial charge on any atom is -0.494 e. The van der Waals surface area contributed by atoms with Crippen LogP contribution in [-0.2, 0) is 6.54 Å². The van der Waals surface area contributed by atoms with E-state index in [1.807, 2.05) is 19.9 Å². The summed E-state index contributed by atoms with van der Waals surface area (Å²) in [5.74, 6) is 2.23. The van der Waals surface area contributed by atoms with E-state index in [-0.39, 0.29) is 11.6 Å². The Morgan fingerprint density at radius 3 is 2.29 bits per heavy atom. The van der Waals surface area contributed by atoms with Crippen LogP contribution in [0.2, 0.25) is 0 Å². The maximum Gasteiger partial charge on any atom is 0.123 e. The molecule has 1 fully saturated rings. The number of aliphatic imine (C=N–C) groups is 1. The Bertz CT molecular complexity index is 701. The molecule has 1 aromatic rings. The number of nitrogens with zero attached hydrogens (tertiary/aromatic N) is 2. The van der Waals surface area contributed by atoms with Crippen molar-refractivity contribution in [3.05, 3.63) is 35.5 Å². The number of piperidine rings is 1. The zero-order valence-electron chi connectivity index (χ0n) is 17.4. The Labute approximate surface area is 168 Å². The van der Waals surface area contributed by atoms with Gasteiger partial charge in [-0.05, 0) is 63.4 Å². The van der Waals surface area contributed by atoms with Gasteiger partial charge < -0.3 is 20.9 Å².